The standard InChI is InChI=1S/C22H25ClF2N2O2S/c1-3-20(22(29)26-4-2)27(12-15-8-10-16(24)11-9-15)21(28)14-30-13-17-18(23)6-5-7-19(17)25/h5-11,20H,3-4,12-14H2,1-2H3,(H,26,29)/t20-/m0/s1. The van der Waals surface area contributed by atoms with Crippen LogP contribution >= 0.6 is 23.4 Å². The SMILES string of the molecule is CCNC(=O)[C@H](CC)N(Cc1ccc(F)cc1)C(=O)CSCc1c(F)cccc1Cl. The number of likely N-dealkylation sites (N-methyl/N-ethyl adjacent to an activating group) is 1. The van der Waals surface area contributed by atoms with E-state index in [1.165, 1.54) is 40.9 Å². The van der Waals surface area contributed by atoms with Gasteiger partial charge in [0, 0.05) is 29.4 Å². The summed E-state index contributed by atoms with van der Waals surface area (Å²) in [4.78, 5) is 27.0. The molecule has 0 fully saturated rings. The number of nitrogens with one attached hydrogen (secondary N) is 1. The topological polar surface area (TPSA) is 49.4 Å². The third-order valence-corrected chi connectivity index (χ3v) is 5.83. The molecule has 2 rings (SSSR count). The number of amides is 2. The van der Waals surface area contributed by atoms with Gasteiger partial charge in [0.1, 0.15) is 17.7 Å². The lowest BCUT2D eigenvalue weighted by atomic mass is 10.1. The molecule has 0 saturated heterocycles. The van der Waals surface area contributed by atoms with E-state index >= 15 is 0 Å². The monoisotopic (exact) mass is 454 g/mol. The summed E-state index contributed by atoms with van der Waals surface area (Å²) in [6.07, 6.45) is 0.433. The van der Waals surface area contributed by atoms with Gasteiger partial charge in [0.15, 0.2) is 0 Å². The zero-order valence-corrected chi connectivity index (χ0v) is 18.5. The Hall–Kier alpha value is -2.12. The maximum absolute atomic E-state index is 14.0. The van der Waals surface area contributed by atoms with Crippen LogP contribution in [0.2, 0.25) is 5.02 Å². The Kier molecular flexibility index (Phi) is 9.59. The average molecular weight is 455 g/mol. The van der Waals surface area contributed by atoms with E-state index in [4.69, 9.17) is 11.6 Å². The third-order valence-electron chi connectivity index (χ3n) is 4.54. The fourth-order valence-electron chi connectivity index (χ4n) is 2.99. The minimum absolute atomic E-state index is 0.0573. The molecule has 0 aliphatic heterocycles. The van der Waals surface area contributed by atoms with Gasteiger partial charge in [-0.15, -0.1) is 11.8 Å². The van der Waals surface area contributed by atoms with E-state index in [0.29, 0.717) is 23.6 Å². The Balaban J connectivity index is 2.14. The van der Waals surface area contributed by atoms with E-state index in [-0.39, 0.29) is 35.7 Å². The number of nitrogens with zero attached hydrogens (tertiary/aromatic N) is 1. The molecule has 0 heterocycles. The molecule has 0 bridgehead atoms. The molecule has 0 aliphatic rings. The predicted octanol–water partition coefficient (Wildman–Crippen LogP) is 4.79. The molecule has 30 heavy (non-hydrogen) atoms. The maximum atomic E-state index is 14.0. The summed E-state index contributed by atoms with van der Waals surface area (Å²) in [7, 11) is 0. The molecule has 0 aliphatic carbocycles. The molecular formula is C22H25ClF2N2O2S. The summed E-state index contributed by atoms with van der Waals surface area (Å²) in [5.41, 5.74) is 1.06. The number of halogens is 3. The van der Waals surface area contributed by atoms with E-state index in [1.54, 1.807) is 18.2 Å². The highest BCUT2D eigenvalue weighted by molar-refractivity contribution is 7.99. The van der Waals surface area contributed by atoms with Crippen LogP contribution in [-0.4, -0.2) is 35.1 Å². The molecule has 2 aromatic rings. The summed E-state index contributed by atoms with van der Waals surface area (Å²) >= 11 is 7.27. The van der Waals surface area contributed by atoms with Gasteiger partial charge in [0.2, 0.25) is 11.8 Å². The zero-order valence-electron chi connectivity index (χ0n) is 17.0. The summed E-state index contributed by atoms with van der Waals surface area (Å²) in [5.74, 6) is -0.988. The normalized spacial score (nSPS) is 11.8. The van der Waals surface area contributed by atoms with Crippen LogP contribution in [0.3, 0.4) is 0 Å². The number of carbonyl (C=O) groups excluding carboxylic acids is 2. The van der Waals surface area contributed by atoms with Gasteiger partial charge in [0.25, 0.3) is 0 Å². The zero-order chi connectivity index (χ0) is 22.1. The Bertz CT molecular complexity index is 844. The van der Waals surface area contributed by atoms with Crippen LogP contribution in [0.15, 0.2) is 42.5 Å². The van der Waals surface area contributed by atoms with Crippen molar-refractivity contribution >= 4 is 35.2 Å². The first-order valence-corrected chi connectivity index (χ1v) is 11.2. The summed E-state index contributed by atoms with van der Waals surface area (Å²) < 4.78 is 27.2. The number of carbonyl (C=O) groups is 2. The molecule has 2 aromatic carbocycles. The highest BCUT2D eigenvalue weighted by atomic mass is 35.5. The third kappa shape index (κ3) is 6.71. The van der Waals surface area contributed by atoms with Gasteiger partial charge in [-0.05, 0) is 43.2 Å². The smallest absolute Gasteiger partial charge is 0.242 e. The van der Waals surface area contributed by atoms with E-state index in [9.17, 15) is 18.4 Å². The highest BCUT2D eigenvalue weighted by Crippen LogP contribution is 2.24. The first kappa shape index (κ1) is 24.2. The molecule has 1 N–H and O–H groups in total. The van der Waals surface area contributed by atoms with E-state index in [0.717, 1.165) is 5.56 Å². The summed E-state index contributed by atoms with van der Waals surface area (Å²) in [6, 6.07) is 9.62. The second kappa shape index (κ2) is 11.9. The van der Waals surface area contributed by atoms with E-state index < -0.39 is 11.9 Å². The average Bonchev–Trinajstić information content (AvgIpc) is 2.71. The van der Waals surface area contributed by atoms with Crippen LogP contribution in [0, 0.1) is 11.6 Å². The van der Waals surface area contributed by atoms with Gasteiger partial charge in [-0.2, -0.15) is 0 Å². The number of hydrogen-bond acceptors (Lipinski definition) is 3. The van der Waals surface area contributed by atoms with Crippen molar-refractivity contribution in [3.05, 3.63) is 70.2 Å². The van der Waals surface area contributed by atoms with Crippen LogP contribution in [-0.2, 0) is 21.9 Å². The first-order chi connectivity index (χ1) is 14.4. The van der Waals surface area contributed by atoms with Gasteiger partial charge in [-0.1, -0.05) is 36.7 Å². The Morgan fingerprint density at radius 3 is 2.43 bits per heavy atom. The first-order valence-electron chi connectivity index (χ1n) is 9.69. The lowest BCUT2D eigenvalue weighted by Crippen LogP contribution is -2.49. The van der Waals surface area contributed by atoms with Gasteiger partial charge in [0.05, 0.1) is 5.75 Å². The van der Waals surface area contributed by atoms with Crippen molar-refractivity contribution in [3.63, 3.8) is 0 Å². The lowest BCUT2D eigenvalue weighted by molar-refractivity contribution is -0.139. The molecule has 4 nitrogen and oxygen atoms in total. The molecule has 2 amide bonds. The molecule has 1 atom stereocenters. The van der Waals surface area contributed by atoms with Crippen molar-refractivity contribution in [1.29, 1.82) is 0 Å². The fourth-order valence-corrected chi connectivity index (χ4v) is 4.24. The van der Waals surface area contributed by atoms with Crippen LogP contribution in [0.1, 0.15) is 31.4 Å². The predicted molar refractivity (Wildman–Crippen MR) is 117 cm³/mol. The number of rotatable bonds is 10. The van der Waals surface area contributed by atoms with Crippen molar-refractivity contribution in [2.24, 2.45) is 0 Å². The van der Waals surface area contributed by atoms with Crippen LogP contribution in [0.5, 0.6) is 0 Å². The van der Waals surface area contributed by atoms with Crippen molar-refractivity contribution in [2.75, 3.05) is 12.3 Å². The molecule has 0 saturated carbocycles. The lowest BCUT2D eigenvalue weighted by Gasteiger charge is -2.30. The van der Waals surface area contributed by atoms with Gasteiger partial charge >= 0.3 is 0 Å². The Morgan fingerprint density at radius 1 is 1.13 bits per heavy atom. The van der Waals surface area contributed by atoms with Crippen LogP contribution < -0.4 is 5.32 Å². The number of hydrogen-bond donors (Lipinski definition) is 1. The van der Waals surface area contributed by atoms with E-state index in [1.807, 2.05) is 13.8 Å². The quantitative estimate of drug-likeness (QED) is 0.561. The van der Waals surface area contributed by atoms with Crippen molar-refractivity contribution in [2.45, 2.75) is 38.6 Å². The fraction of sp³-hybridized carbons (Fsp3) is 0.364. The van der Waals surface area contributed by atoms with E-state index in [2.05, 4.69) is 5.32 Å². The second-order valence-corrected chi connectivity index (χ2v) is 8.05. The van der Waals surface area contributed by atoms with Gasteiger partial charge in [-0.3, -0.25) is 9.59 Å². The number of benzene rings is 2. The Morgan fingerprint density at radius 2 is 1.83 bits per heavy atom. The molecule has 0 aromatic heterocycles. The second-order valence-electron chi connectivity index (χ2n) is 6.66. The van der Waals surface area contributed by atoms with Gasteiger partial charge in [-0.25, -0.2) is 8.78 Å². The van der Waals surface area contributed by atoms with Crippen molar-refractivity contribution in [1.82, 2.24) is 10.2 Å². The minimum Gasteiger partial charge on any atom is -0.355 e. The number of thioether (sulfide) groups is 1. The maximum Gasteiger partial charge on any atom is 0.242 e. The molecule has 0 unspecified atom stereocenters. The summed E-state index contributed by atoms with van der Waals surface area (Å²) in [6.45, 7) is 4.27. The minimum atomic E-state index is -0.653. The van der Waals surface area contributed by atoms with Gasteiger partial charge < -0.3 is 10.2 Å². The largest absolute Gasteiger partial charge is 0.355 e. The van der Waals surface area contributed by atoms with Crippen LogP contribution in [0.4, 0.5) is 8.78 Å². The highest BCUT2D eigenvalue weighted by Gasteiger charge is 2.28. The Labute approximate surface area is 185 Å². The van der Waals surface area contributed by atoms with Crippen LogP contribution in [0.25, 0.3) is 0 Å². The van der Waals surface area contributed by atoms with Crippen molar-refractivity contribution in [3.8, 4) is 0 Å². The molecular weight excluding hydrogens is 430 g/mol. The molecule has 0 radical (unpaired) electrons. The molecule has 8 heteroatoms. The molecule has 162 valence electrons. The van der Waals surface area contributed by atoms with Crippen molar-refractivity contribution < 1.29 is 18.4 Å². The molecule has 0 spiro atoms. The summed E-state index contributed by atoms with van der Waals surface area (Å²) in [5, 5.41) is 3.07.